The van der Waals surface area contributed by atoms with E-state index in [0.29, 0.717) is 11.9 Å². The molecule has 2 aliphatic heterocycles. The zero-order valence-corrected chi connectivity index (χ0v) is 15.1. The van der Waals surface area contributed by atoms with Crippen LogP contribution in [0.1, 0.15) is 46.0 Å². The average molecular weight is 340 g/mol. The van der Waals surface area contributed by atoms with Crippen molar-refractivity contribution in [3.05, 3.63) is 0 Å². The van der Waals surface area contributed by atoms with Crippen LogP contribution in [-0.2, 0) is 9.59 Å². The quantitative estimate of drug-likeness (QED) is 0.847. The van der Waals surface area contributed by atoms with E-state index in [1.165, 1.54) is 0 Å². The number of rotatable bonds is 4. The highest BCUT2D eigenvalue weighted by Gasteiger charge is 2.39. The number of thioether (sulfide) groups is 1. The van der Waals surface area contributed by atoms with Crippen molar-refractivity contribution >= 4 is 23.6 Å². The highest BCUT2D eigenvalue weighted by Crippen LogP contribution is 2.31. The van der Waals surface area contributed by atoms with Crippen LogP contribution in [-0.4, -0.2) is 64.5 Å². The lowest BCUT2D eigenvalue weighted by Crippen LogP contribution is -2.51. The molecule has 2 heterocycles. The summed E-state index contributed by atoms with van der Waals surface area (Å²) in [7, 11) is 0. The van der Waals surface area contributed by atoms with E-state index in [0.717, 1.165) is 50.9 Å². The van der Waals surface area contributed by atoms with Crippen molar-refractivity contribution in [1.82, 2.24) is 15.1 Å². The lowest BCUT2D eigenvalue weighted by Gasteiger charge is -2.27. The first-order valence-corrected chi connectivity index (χ1v) is 10.1. The van der Waals surface area contributed by atoms with Gasteiger partial charge >= 0.3 is 0 Å². The fourth-order valence-corrected chi connectivity index (χ4v) is 5.12. The normalized spacial score (nSPS) is 29.6. The molecule has 6 heteroatoms. The SMILES string of the molecule is CC(C)N1CC[C@@H](NC(=O)[C@@H]2CSCN2C(=O)C2CCCC2)C1. The number of hydrogen-bond donors (Lipinski definition) is 1. The van der Waals surface area contributed by atoms with Gasteiger partial charge in [0.15, 0.2) is 0 Å². The third kappa shape index (κ3) is 3.85. The lowest BCUT2D eigenvalue weighted by atomic mass is 10.1. The first-order valence-electron chi connectivity index (χ1n) is 8.99. The molecule has 1 N–H and O–H groups in total. The van der Waals surface area contributed by atoms with E-state index < -0.39 is 0 Å². The van der Waals surface area contributed by atoms with Crippen LogP contribution in [0.3, 0.4) is 0 Å². The minimum absolute atomic E-state index is 0.0527. The van der Waals surface area contributed by atoms with E-state index in [1.54, 1.807) is 11.8 Å². The van der Waals surface area contributed by atoms with Gasteiger partial charge in [-0.3, -0.25) is 14.5 Å². The molecular weight excluding hydrogens is 310 g/mol. The van der Waals surface area contributed by atoms with Gasteiger partial charge in [0.25, 0.3) is 0 Å². The van der Waals surface area contributed by atoms with Crippen molar-refractivity contribution in [2.24, 2.45) is 5.92 Å². The third-order valence-electron chi connectivity index (χ3n) is 5.47. The van der Waals surface area contributed by atoms with Crippen LogP contribution >= 0.6 is 11.8 Å². The maximum atomic E-state index is 12.7. The van der Waals surface area contributed by atoms with E-state index in [1.807, 2.05) is 4.90 Å². The first-order chi connectivity index (χ1) is 11.1. The van der Waals surface area contributed by atoms with Gasteiger partial charge in [-0.25, -0.2) is 0 Å². The van der Waals surface area contributed by atoms with E-state index >= 15 is 0 Å². The summed E-state index contributed by atoms with van der Waals surface area (Å²) in [6, 6.07) is 0.500. The molecule has 3 rings (SSSR count). The summed E-state index contributed by atoms with van der Waals surface area (Å²) >= 11 is 1.70. The molecule has 130 valence electrons. The molecule has 0 aromatic rings. The fraction of sp³-hybridized carbons (Fsp3) is 0.882. The van der Waals surface area contributed by atoms with Crippen molar-refractivity contribution in [2.75, 3.05) is 24.7 Å². The van der Waals surface area contributed by atoms with Crippen molar-refractivity contribution in [2.45, 2.75) is 64.1 Å². The smallest absolute Gasteiger partial charge is 0.243 e. The van der Waals surface area contributed by atoms with Gasteiger partial charge in [0, 0.05) is 36.8 Å². The molecule has 1 aliphatic carbocycles. The Morgan fingerprint density at radius 3 is 2.57 bits per heavy atom. The third-order valence-corrected chi connectivity index (χ3v) is 6.48. The van der Waals surface area contributed by atoms with Gasteiger partial charge in [-0.05, 0) is 33.1 Å². The van der Waals surface area contributed by atoms with Crippen LogP contribution in [0.15, 0.2) is 0 Å². The van der Waals surface area contributed by atoms with Gasteiger partial charge in [0.1, 0.15) is 6.04 Å². The molecular formula is C17H29N3O2S. The Balaban J connectivity index is 1.55. The Kier molecular flexibility index (Phi) is 5.52. The maximum Gasteiger partial charge on any atom is 0.243 e. The number of carbonyl (C=O) groups excluding carboxylic acids is 2. The summed E-state index contributed by atoms with van der Waals surface area (Å²) in [6.07, 6.45) is 5.32. The van der Waals surface area contributed by atoms with Crippen LogP contribution < -0.4 is 5.32 Å². The molecule has 0 aromatic carbocycles. The van der Waals surface area contributed by atoms with E-state index in [9.17, 15) is 9.59 Å². The molecule has 3 aliphatic rings. The molecule has 3 fully saturated rings. The molecule has 5 nitrogen and oxygen atoms in total. The number of likely N-dealkylation sites (tertiary alicyclic amines) is 1. The Hall–Kier alpha value is -0.750. The maximum absolute atomic E-state index is 12.7. The largest absolute Gasteiger partial charge is 0.350 e. The van der Waals surface area contributed by atoms with Crippen LogP contribution in [0.25, 0.3) is 0 Å². The fourth-order valence-electron chi connectivity index (χ4n) is 3.96. The van der Waals surface area contributed by atoms with Gasteiger partial charge in [0.05, 0.1) is 5.88 Å². The zero-order valence-electron chi connectivity index (χ0n) is 14.3. The molecule has 2 saturated heterocycles. The van der Waals surface area contributed by atoms with Gasteiger partial charge in [-0.1, -0.05) is 12.8 Å². The Morgan fingerprint density at radius 2 is 1.91 bits per heavy atom. The van der Waals surface area contributed by atoms with Crippen molar-refractivity contribution in [3.8, 4) is 0 Å². The lowest BCUT2D eigenvalue weighted by molar-refractivity contribution is -0.141. The topological polar surface area (TPSA) is 52.7 Å². The van der Waals surface area contributed by atoms with Crippen molar-refractivity contribution in [1.29, 1.82) is 0 Å². The Morgan fingerprint density at radius 1 is 1.17 bits per heavy atom. The molecule has 0 spiro atoms. The number of hydrogen-bond acceptors (Lipinski definition) is 4. The molecule has 2 atom stereocenters. The van der Waals surface area contributed by atoms with Gasteiger partial charge in [0.2, 0.25) is 11.8 Å². The summed E-state index contributed by atoms with van der Waals surface area (Å²) in [6.45, 7) is 6.37. The zero-order chi connectivity index (χ0) is 16.4. The van der Waals surface area contributed by atoms with E-state index in [2.05, 4.69) is 24.1 Å². The molecule has 23 heavy (non-hydrogen) atoms. The molecule has 0 aromatic heterocycles. The van der Waals surface area contributed by atoms with Gasteiger partial charge in [-0.2, -0.15) is 0 Å². The number of amides is 2. The number of nitrogens with zero attached hydrogens (tertiary/aromatic N) is 2. The second-order valence-corrected chi connectivity index (χ2v) is 8.39. The molecule has 0 radical (unpaired) electrons. The van der Waals surface area contributed by atoms with Gasteiger partial charge in [-0.15, -0.1) is 11.8 Å². The Labute approximate surface area is 143 Å². The van der Waals surface area contributed by atoms with Crippen LogP contribution in [0.5, 0.6) is 0 Å². The summed E-state index contributed by atoms with van der Waals surface area (Å²) in [4.78, 5) is 29.6. The van der Waals surface area contributed by atoms with E-state index in [-0.39, 0.29) is 29.8 Å². The minimum atomic E-state index is -0.263. The molecule has 0 bridgehead atoms. The predicted octanol–water partition coefficient (Wildman–Crippen LogP) is 1.68. The second-order valence-electron chi connectivity index (χ2n) is 7.39. The van der Waals surface area contributed by atoms with E-state index in [4.69, 9.17) is 0 Å². The highest BCUT2D eigenvalue weighted by atomic mass is 32.2. The second kappa shape index (κ2) is 7.43. The average Bonchev–Trinajstić information content (AvgIpc) is 3.26. The monoisotopic (exact) mass is 339 g/mol. The molecule has 0 unspecified atom stereocenters. The minimum Gasteiger partial charge on any atom is -0.350 e. The van der Waals surface area contributed by atoms with Gasteiger partial charge < -0.3 is 10.2 Å². The summed E-state index contributed by atoms with van der Waals surface area (Å²) < 4.78 is 0. The van der Waals surface area contributed by atoms with Crippen LogP contribution in [0, 0.1) is 5.92 Å². The Bertz CT molecular complexity index is 451. The van der Waals surface area contributed by atoms with Crippen molar-refractivity contribution in [3.63, 3.8) is 0 Å². The summed E-state index contributed by atoms with van der Waals surface area (Å²) in [5.74, 6) is 1.84. The van der Waals surface area contributed by atoms with Crippen LogP contribution in [0.4, 0.5) is 0 Å². The predicted molar refractivity (Wildman–Crippen MR) is 93.2 cm³/mol. The number of nitrogens with one attached hydrogen (secondary N) is 1. The summed E-state index contributed by atoms with van der Waals surface area (Å²) in [5, 5.41) is 3.19. The van der Waals surface area contributed by atoms with Crippen LogP contribution in [0.2, 0.25) is 0 Å². The highest BCUT2D eigenvalue weighted by molar-refractivity contribution is 7.99. The first kappa shape index (κ1) is 17.1. The standard InChI is InChI=1S/C17H29N3O2S/c1-12(2)19-8-7-14(9-19)18-16(21)15-10-23-11-20(15)17(22)13-5-3-4-6-13/h12-15H,3-11H2,1-2H3,(H,18,21)/t14-,15+/m1/s1. The molecule has 1 saturated carbocycles. The van der Waals surface area contributed by atoms with Crippen molar-refractivity contribution < 1.29 is 9.59 Å². The summed E-state index contributed by atoms with van der Waals surface area (Å²) in [5.41, 5.74) is 0. The number of carbonyl (C=O) groups is 2. The molecule has 2 amide bonds.